The van der Waals surface area contributed by atoms with Gasteiger partial charge in [0, 0.05) is 17.4 Å². The SMILES string of the molecule is CCOc1cc(Nc2ccc(NS(=O)(=O)c3cc(C)c(OC)cc3C)cc2)nc(C)n1. The Hall–Kier alpha value is -3.33. The van der Waals surface area contributed by atoms with Gasteiger partial charge in [-0.2, -0.15) is 4.98 Å². The minimum Gasteiger partial charge on any atom is -0.496 e. The largest absolute Gasteiger partial charge is 0.496 e. The lowest BCUT2D eigenvalue weighted by Gasteiger charge is -2.14. The summed E-state index contributed by atoms with van der Waals surface area (Å²) in [7, 11) is -2.18. The first kappa shape index (κ1) is 22.4. The molecule has 164 valence electrons. The number of sulfonamides is 1. The normalized spacial score (nSPS) is 11.1. The van der Waals surface area contributed by atoms with Gasteiger partial charge in [-0.15, -0.1) is 0 Å². The van der Waals surface area contributed by atoms with Gasteiger partial charge in [0.25, 0.3) is 10.0 Å². The Kier molecular flexibility index (Phi) is 6.65. The van der Waals surface area contributed by atoms with Gasteiger partial charge < -0.3 is 14.8 Å². The summed E-state index contributed by atoms with van der Waals surface area (Å²) in [5.41, 5.74) is 2.56. The van der Waals surface area contributed by atoms with Crippen LogP contribution < -0.4 is 19.5 Å². The highest BCUT2D eigenvalue weighted by Crippen LogP contribution is 2.28. The molecule has 0 saturated heterocycles. The van der Waals surface area contributed by atoms with Crippen LogP contribution >= 0.6 is 0 Å². The molecule has 0 aliphatic rings. The molecular weight excluding hydrogens is 416 g/mol. The van der Waals surface area contributed by atoms with Crippen LogP contribution in [0.2, 0.25) is 0 Å². The fourth-order valence-corrected chi connectivity index (χ4v) is 4.45. The zero-order valence-corrected chi connectivity index (χ0v) is 19.0. The monoisotopic (exact) mass is 442 g/mol. The number of aryl methyl sites for hydroxylation is 3. The van der Waals surface area contributed by atoms with Gasteiger partial charge >= 0.3 is 0 Å². The molecule has 9 heteroatoms. The van der Waals surface area contributed by atoms with E-state index in [9.17, 15) is 8.42 Å². The van der Waals surface area contributed by atoms with Gasteiger partial charge in [0.1, 0.15) is 17.4 Å². The lowest BCUT2D eigenvalue weighted by atomic mass is 10.1. The van der Waals surface area contributed by atoms with E-state index in [1.165, 1.54) is 0 Å². The zero-order chi connectivity index (χ0) is 22.6. The van der Waals surface area contributed by atoms with Crippen molar-refractivity contribution in [3.63, 3.8) is 0 Å². The number of ether oxygens (including phenoxy) is 2. The Balaban J connectivity index is 1.77. The highest BCUT2D eigenvalue weighted by molar-refractivity contribution is 7.92. The number of anilines is 3. The van der Waals surface area contributed by atoms with Crippen molar-refractivity contribution >= 4 is 27.2 Å². The van der Waals surface area contributed by atoms with Crippen LogP contribution in [-0.4, -0.2) is 32.1 Å². The quantitative estimate of drug-likeness (QED) is 0.534. The summed E-state index contributed by atoms with van der Waals surface area (Å²) < 4.78 is 39.1. The second-order valence-corrected chi connectivity index (χ2v) is 8.62. The van der Waals surface area contributed by atoms with Crippen molar-refractivity contribution < 1.29 is 17.9 Å². The second-order valence-electron chi connectivity index (χ2n) is 6.97. The standard InChI is InChI=1S/C22H26N4O4S/c1-6-30-22-13-21(23-16(4)24-22)25-17-7-9-18(10-8-17)26-31(27,28)20-12-14(2)19(29-5)11-15(20)3/h7-13,26H,6H2,1-5H3,(H,23,24,25). The fourth-order valence-electron chi connectivity index (χ4n) is 3.08. The number of hydrogen-bond donors (Lipinski definition) is 2. The molecule has 0 unspecified atom stereocenters. The Labute approximate surface area is 182 Å². The van der Waals surface area contributed by atoms with Gasteiger partial charge in [-0.05, 0) is 75.2 Å². The van der Waals surface area contributed by atoms with Gasteiger partial charge in [-0.3, -0.25) is 4.72 Å². The zero-order valence-electron chi connectivity index (χ0n) is 18.2. The predicted octanol–water partition coefficient (Wildman–Crippen LogP) is 4.35. The van der Waals surface area contributed by atoms with Crippen molar-refractivity contribution in [3.8, 4) is 11.6 Å². The molecule has 2 N–H and O–H groups in total. The summed E-state index contributed by atoms with van der Waals surface area (Å²) in [6.07, 6.45) is 0. The maximum Gasteiger partial charge on any atom is 0.262 e. The minimum atomic E-state index is -3.74. The molecule has 0 spiro atoms. The van der Waals surface area contributed by atoms with E-state index in [2.05, 4.69) is 20.0 Å². The molecule has 31 heavy (non-hydrogen) atoms. The smallest absolute Gasteiger partial charge is 0.262 e. The third-order valence-electron chi connectivity index (χ3n) is 4.50. The molecule has 1 aromatic heterocycles. The summed E-state index contributed by atoms with van der Waals surface area (Å²) in [6.45, 7) is 7.73. The van der Waals surface area contributed by atoms with E-state index < -0.39 is 10.0 Å². The highest BCUT2D eigenvalue weighted by atomic mass is 32.2. The molecule has 0 aliphatic carbocycles. The molecule has 0 fully saturated rings. The predicted molar refractivity (Wildman–Crippen MR) is 121 cm³/mol. The van der Waals surface area contributed by atoms with E-state index in [1.807, 2.05) is 13.8 Å². The average Bonchev–Trinajstić information content (AvgIpc) is 2.70. The Morgan fingerprint density at radius 1 is 0.935 bits per heavy atom. The first-order valence-electron chi connectivity index (χ1n) is 9.75. The Bertz CT molecular complexity index is 1180. The van der Waals surface area contributed by atoms with Crippen molar-refractivity contribution in [3.05, 3.63) is 59.4 Å². The van der Waals surface area contributed by atoms with E-state index in [-0.39, 0.29) is 4.90 Å². The van der Waals surface area contributed by atoms with Gasteiger partial charge in [0.05, 0.1) is 18.6 Å². The van der Waals surface area contributed by atoms with E-state index >= 15 is 0 Å². The van der Waals surface area contributed by atoms with Gasteiger partial charge in [-0.25, -0.2) is 13.4 Å². The van der Waals surface area contributed by atoms with E-state index in [0.717, 1.165) is 11.3 Å². The molecule has 2 aromatic carbocycles. The number of hydrogen-bond acceptors (Lipinski definition) is 7. The third-order valence-corrected chi connectivity index (χ3v) is 6.02. The van der Waals surface area contributed by atoms with Crippen LogP contribution in [-0.2, 0) is 10.0 Å². The van der Waals surface area contributed by atoms with Crippen LogP contribution in [0.5, 0.6) is 11.6 Å². The van der Waals surface area contributed by atoms with Crippen LogP contribution in [0.4, 0.5) is 17.2 Å². The maximum atomic E-state index is 12.9. The number of aromatic nitrogens is 2. The molecule has 0 radical (unpaired) electrons. The van der Waals surface area contributed by atoms with E-state index in [1.54, 1.807) is 63.4 Å². The molecule has 1 heterocycles. The molecule has 3 rings (SSSR count). The van der Waals surface area contributed by atoms with Gasteiger partial charge in [0.2, 0.25) is 5.88 Å². The van der Waals surface area contributed by atoms with Crippen LogP contribution in [0.3, 0.4) is 0 Å². The lowest BCUT2D eigenvalue weighted by Crippen LogP contribution is -2.14. The molecule has 0 saturated carbocycles. The van der Waals surface area contributed by atoms with Crippen molar-refractivity contribution in [2.45, 2.75) is 32.6 Å². The maximum absolute atomic E-state index is 12.9. The van der Waals surface area contributed by atoms with Crippen molar-refractivity contribution in [2.24, 2.45) is 0 Å². The Morgan fingerprint density at radius 3 is 2.26 bits per heavy atom. The highest BCUT2D eigenvalue weighted by Gasteiger charge is 2.19. The van der Waals surface area contributed by atoms with Crippen molar-refractivity contribution in [2.75, 3.05) is 23.8 Å². The molecule has 8 nitrogen and oxygen atoms in total. The summed E-state index contributed by atoms with van der Waals surface area (Å²) in [5, 5.41) is 3.17. The summed E-state index contributed by atoms with van der Waals surface area (Å²) >= 11 is 0. The van der Waals surface area contributed by atoms with E-state index in [0.29, 0.717) is 41.1 Å². The summed E-state index contributed by atoms with van der Waals surface area (Å²) in [5.74, 6) is 2.32. The Morgan fingerprint density at radius 2 is 1.61 bits per heavy atom. The van der Waals surface area contributed by atoms with Crippen LogP contribution in [0.25, 0.3) is 0 Å². The lowest BCUT2D eigenvalue weighted by molar-refractivity contribution is 0.325. The van der Waals surface area contributed by atoms with E-state index in [4.69, 9.17) is 9.47 Å². The number of rotatable bonds is 8. The third kappa shape index (κ3) is 5.43. The molecule has 0 atom stereocenters. The first-order chi connectivity index (χ1) is 14.7. The van der Waals surface area contributed by atoms with Crippen LogP contribution in [0.15, 0.2) is 47.4 Å². The average molecular weight is 443 g/mol. The van der Waals surface area contributed by atoms with Gasteiger partial charge in [0.15, 0.2) is 0 Å². The van der Waals surface area contributed by atoms with Crippen molar-refractivity contribution in [1.82, 2.24) is 9.97 Å². The second kappa shape index (κ2) is 9.22. The van der Waals surface area contributed by atoms with Crippen molar-refractivity contribution in [1.29, 1.82) is 0 Å². The number of nitrogens with zero attached hydrogens (tertiary/aromatic N) is 2. The first-order valence-corrected chi connectivity index (χ1v) is 11.2. The topological polar surface area (TPSA) is 102 Å². The molecule has 0 amide bonds. The summed E-state index contributed by atoms with van der Waals surface area (Å²) in [6, 6.07) is 11.9. The number of nitrogens with one attached hydrogen (secondary N) is 2. The molecular formula is C22H26N4O4S. The molecule has 3 aromatic rings. The summed E-state index contributed by atoms with van der Waals surface area (Å²) in [4.78, 5) is 8.77. The number of benzene rings is 2. The molecule has 0 bridgehead atoms. The van der Waals surface area contributed by atoms with Crippen LogP contribution in [0.1, 0.15) is 23.9 Å². The van der Waals surface area contributed by atoms with Crippen LogP contribution in [0, 0.1) is 20.8 Å². The van der Waals surface area contributed by atoms with Gasteiger partial charge in [-0.1, -0.05) is 0 Å². The minimum absolute atomic E-state index is 0.216. The fraction of sp³-hybridized carbons (Fsp3) is 0.273. The molecule has 0 aliphatic heterocycles. The number of methoxy groups -OCH3 is 1.